The van der Waals surface area contributed by atoms with E-state index in [0.29, 0.717) is 22.0 Å². The number of thiophene rings is 1. The van der Waals surface area contributed by atoms with E-state index in [0.717, 1.165) is 30.6 Å². The third-order valence-corrected chi connectivity index (χ3v) is 7.61. The molecule has 142 valence electrons. The fraction of sp³-hybridized carbons (Fsp3) is 0.316. The molecular formula is C19H20ClN3O2S2. The summed E-state index contributed by atoms with van der Waals surface area (Å²) in [6.45, 7) is 1.79. The first-order valence-corrected chi connectivity index (χ1v) is 11.6. The Bertz CT molecular complexity index is 1050. The Balaban J connectivity index is 1.77. The van der Waals surface area contributed by atoms with Crippen LogP contribution in [0.25, 0.3) is 10.6 Å². The van der Waals surface area contributed by atoms with Crippen LogP contribution < -0.4 is 4.72 Å². The summed E-state index contributed by atoms with van der Waals surface area (Å²) < 4.78 is 30.9. The van der Waals surface area contributed by atoms with Gasteiger partial charge in [0.2, 0.25) is 0 Å². The first-order chi connectivity index (χ1) is 13.0. The number of nitrogens with zero attached hydrogens (tertiary/aromatic N) is 2. The van der Waals surface area contributed by atoms with Gasteiger partial charge in [0.05, 0.1) is 16.6 Å². The topological polar surface area (TPSA) is 64.0 Å². The molecule has 1 aliphatic rings. The zero-order valence-electron chi connectivity index (χ0n) is 14.9. The van der Waals surface area contributed by atoms with Crippen molar-refractivity contribution in [2.75, 3.05) is 4.72 Å². The highest BCUT2D eigenvalue weighted by atomic mass is 35.5. The zero-order valence-corrected chi connectivity index (χ0v) is 17.2. The van der Waals surface area contributed by atoms with E-state index >= 15 is 0 Å². The van der Waals surface area contributed by atoms with Gasteiger partial charge in [-0.2, -0.15) is 5.10 Å². The van der Waals surface area contributed by atoms with Gasteiger partial charge in [0.15, 0.2) is 0 Å². The summed E-state index contributed by atoms with van der Waals surface area (Å²) in [5.41, 5.74) is 1.68. The molecule has 1 fully saturated rings. The van der Waals surface area contributed by atoms with Crippen LogP contribution in [0.2, 0.25) is 5.02 Å². The van der Waals surface area contributed by atoms with E-state index in [9.17, 15) is 8.42 Å². The van der Waals surface area contributed by atoms with Crippen LogP contribution in [-0.4, -0.2) is 18.2 Å². The molecule has 0 atom stereocenters. The van der Waals surface area contributed by atoms with E-state index in [1.54, 1.807) is 31.3 Å². The van der Waals surface area contributed by atoms with Crippen molar-refractivity contribution in [1.29, 1.82) is 0 Å². The van der Waals surface area contributed by atoms with Crippen LogP contribution in [-0.2, 0) is 10.0 Å². The molecule has 1 N–H and O–H groups in total. The predicted octanol–water partition coefficient (Wildman–Crippen LogP) is 5.49. The van der Waals surface area contributed by atoms with Crippen molar-refractivity contribution in [2.45, 2.75) is 43.5 Å². The summed E-state index contributed by atoms with van der Waals surface area (Å²) >= 11 is 7.63. The number of halogens is 1. The van der Waals surface area contributed by atoms with E-state index in [1.165, 1.54) is 11.3 Å². The Morgan fingerprint density at radius 1 is 1.22 bits per heavy atom. The van der Waals surface area contributed by atoms with E-state index in [4.69, 9.17) is 11.6 Å². The number of nitrogens with one attached hydrogen (secondary N) is 1. The summed E-state index contributed by atoms with van der Waals surface area (Å²) in [6.07, 6.45) is 6.05. The lowest BCUT2D eigenvalue weighted by Crippen LogP contribution is -2.14. The highest BCUT2D eigenvalue weighted by molar-refractivity contribution is 7.92. The van der Waals surface area contributed by atoms with Crippen molar-refractivity contribution in [3.63, 3.8) is 0 Å². The molecule has 1 saturated carbocycles. The van der Waals surface area contributed by atoms with Crippen LogP contribution in [0.5, 0.6) is 0 Å². The maximum atomic E-state index is 13.2. The van der Waals surface area contributed by atoms with Gasteiger partial charge in [0.25, 0.3) is 10.0 Å². The third kappa shape index (κ3) is 3.63. The van der Waals surface area contributed by atoms with Gasteiger partial charge >= 0.3 is 0 Å². The molecule has 3 aromatic rings. The molecule has 0 aliphatic heterocycles. The van der Waals surface area contributed by atoms with E-state index in [-0.39, 0.29) is 10.9 Å². The molecule has 0 bridgehead atoms. The lowest BCUT2D eigenvalue weighted by Gasteiger charge is -2.11. The molecular weight excluding hydrogens is 402 g/mol. The van der Waals surface area contributed by atoms with Crippen LogP contribution >= 0.6 is 22.9 Å². The third-order valence-electron chi connectivity index (χ3n) is 4.95. The van der Waals surface area contributed by atoms with Crippen LogP contribution in [0.15, 0.2) is 46.8 Å². The highest BCUT2D eigenvalue weighted by Gasteiger charge is 2.28. The van der Waals surface area contributed by atoms with Crippen molar-refractivity contribution < 1.29 is 8.42 Å². The minimum atomic E-state index is -3.80. The average Bonchev–Trinajstić information content (AvgIpc) is 3.39. The Kier molecular flexibility index (Phi) is 5.01. The fourth-order valence-corrected chi connectivity index (χ4v) is 5.66. The van der Waals surface area contributed by atoms with Gasteiger partial charge in [-0.15, -0.1) is 11.3 Å². The number of hydrogen-bond acceptors (Lipinski definition) is 4. The highest BCUT2D eigenvalue weighted by Crippen LogP contribution is 2.36. The second kappa shape index (κ2) is 7.30. The summed E-state index contributed by atoms with van der Waals surface area (Å²) in [5, 5.41) is 7.11. The monoisotopic (exact) mass is 421 g/mol. The Hall–Kier alpha value is -1.83. The maximum absolute atomic E-state index is 13.2. The van der Waals surface area contributed by atoms with Crippen molar-refractivity contribution >= 4 is 38.6 Å². The number of rotatable bonds is 5. The zero-order chi connectivity index (χ0) is 19.0. The minimum Gasteiger partial charge on any atom is -0.279 e. The van der Waals surface area contributed by atoms with Crippen LogP contribution in [0.3, 0.4) is 0 Å². The van der Waals surface area contributed by atoms with E-state index < -0.39 is 10.0 Å². The maximum Gasteiger partial charge on any atom is 0.265 e. The van der Waals surface area contributed by atoms with Gasteiger partial charge in [0.1, 0.15) is 10.6 Å². The Morgan fingerprint density at radius 3 is 2.70 bits per heavy atom. The molecule has 0 amide bonds. The largest absolute Gasteiger partial charge is 0.279 e. The number of hydrogen-bond donors (Lipinski definition) is 1. The van der Waals surface area contributed by atoms with Crippen molar-refractivity contribution in [1.82, 2.24) is 9.78 Å². The molecule has 27 heavy (non-hydrogen) atoms. The summed E-state index contributed by atoms with van der Waals surface area (Å²) in [7, 11) is -3.80. The Labute approximate surface area is 168 Å². The molecule has 0 saturated heterocycles. The van der Waals surface area contributed by atoms with Gasteiger partial charge in [-0.25, -0.2) is 8.42 Å². The molecule has 1 aromatic carbocycles. The van der Waals surface area contributed by atoms with Crippen LogP contribution in [0.1, 0.15) is 37.3 Å². The molecule has 1 aliphatic carbocycles. The lowest BCUT2D eigenvalue weighted by molar-refractivity contribution is 0.467. The molecule has 2 aromatic heterocycles. The standard InChI is InChI=1S/C19H20ClN3O2S2/c1-13-15(20)8-4-9-16(13)22-27(24,25)18-12-23(14-6-2-3-7-14)21-19(18)17-10-5-11-26-17/h4-5,8-12,14,22H,2-3,6-7H2,1H3. The van der Waals surface area contributed by atoms with Gasteiger partial charge in [-0.1, -0.05) is 36.6 Å². The first-order valence-electron chi connectivity index (χ1n) is 8.86. The Morgan fingerprint density at radius 2 is 2.00 bits per heavy atom. The fourth-order valence-electron chi connectivity index (χ4n) is 3.43. The molecule has 5 nitrogen and oxygen atoms in total. The normalized spacial score (nSPS) is 15.3. The number of aromatic nitrogens is 2. The predicted molar refractivity (Wildman–Crippen MR) is 110 cm³/mol. The molecule has 0 radical (unpaired) electrons. The first kappa shape index (κ1) is 18.5. The smallest absolute Gasteiger partial charge is 0.265 e. The SMILES string of the molecule is Cc1c(Cl)cccc1NS(=O)(=O)c1cn(C2CCCC2)nc1-c1cccs1. The second-order valence-corrected chi connectivity index (χ2v) is 9.76. The summed E-state index contributed by atoms with van der Waals surface area (Å²) in [6, 6.07) is 9.25. The van der Waals surface area contributed by atoms with Crippen molar-refractivity contribution in [3.05, 3.63) is 52.5 Å². The number of sulfonamides is 1. The summed E-state index contributed by atoms with van der Waals surface area (Å²) in [5.74, 6) is 0. The molecule has 8 heteroatoms. The number of anilines is 1. The van der Waals surface area contributed by atoms with Gasteiger partial charge in [-0.3, -0.25) is 9.40 Å². The van der Waals surface area contributed by atoms with Crippen molar-refractivity contribution in [3.8, 4) is 10.6 Å². The summed E-state index contributed by atoms with van der Waals surface area (Å²) in [4.78, 5) is 1.05. The number of benzene rings is 1. The van der Waals surface area contributed by atoms with E-state index in [2.05, 4.69) is 9.82 Å². The molecule has 2 heterocycles. The molecule has 0 unspecified atom stereocenters. The second-order valence-electron chi connectivity index (χ2n) is 6.76. The van der Waals surface area contributed by atoms with Gasteiger partial charge in [-0.05, 0) is 48.9 Å². The van der Waals surface area contributed by atoms with Crippen molar-refractivity contribution in [2.24, 2.45) is 0 Å². The van der Waals surface area contributed by atoms with Gasteiger partial charge < -0.3 is 0 Å². The van der Waals surface area contributed by atoms with Gasteiger partial charge in [0, 0.05) is 11.2 Å². The lowest BCUT2D eigenvalue weighted by atomic mass is 10.2. The molecule has 4 rings (SSSR count). The van der Waals surface area contributed by atoms with Crippen LogP contribution in [0, 0.1) is 6.92 Å². The molecule has 0 spiro atoms. The van der Waals surface area contributed by atoms with E-state index in [1.807, 2.05) is 22.2 Å². The van der Waals surface area contributed by atoms with Crippen LogP contribution in [0.4, 0.5) is 5.69 Å². The average molecular weight is 422 g/mol. The quantitative estimate of drug-likeness (QED) is 0.592. The minimum absolute atomic E-state index is 0.205.